The van der Waals surface area contributed by atoms with E-state index in [1.54, 1.807) is 6.07 Å². The lowest BCUT2D eigenvalue weighted by atomic mass is 10.1. The van der Waals surface area contributed by atoms with Gasteiger partial charge in [-0.1, -0.05) is 28.1 Å². The van der Waals surface area contributed by atoms with Crippen molar-refractivity contribution in [3.63, 3.8) is 0 Å². The second kappa shape index (κ2) is 4.57. The molecule has 4 heteroatoms. The molecule has 3 N–H and O–H groups in total. The number of hydroxylamine groups is 1. The van der Waals surface area contributed by atoms with Gasteiger partial charge in [-0.15, -0.1) is 0 Å². The first-order chi connectivity index (χ1) is 5.74. The SMILES string of the molecule is ONCC(O)c1cccc(Br)c1. The van der Waals surface area contributed by atoms with Crippen LogP contribution in [-0.4, -0.2) is 16.9 Å². The molecule has 3 nitrogen and oxygen atoms in total. The van der Waals surface area contributed by atoms with Crippen LogP contribution < -0.4 is 5.48 Å². The Labute approximate surface area is 79.1 Å². The predicted octanol–water partition coefficient (Wildman–Crippen LogP) is 1.46. The van der Waals surface area contributed by atoms with Gasteiger partial charge in [0.25, 0.3) is 0 Å². The zero-order valence-corrected chi connectivity index (χ0v) is 7.95. The summed E-state index contributed by atoms with van der Waals surface area (Å²) in [7, 11) is 0. The first-order valence-electron chi connectivity index (χ1n) is 3.54. The monoisotopic (exact) mass is 231 g/mol. The van der Waals surface area contributed by atoms with Crippen molar-refractivity contribution in [1.82, 2.24) is 5.48 Å². The largest absolute Gasteiger partial charge is 0.387 e. The van der Waals surface area contributed by atoms with Crippen LogP contribution in [0, 0.1) is 0 Å². The van der Waals surface area contributed by atoms with Gasteiger partial charge >= 0.3 is 0 Å². The van der Waals surface area contributed by atoms with Crippen LogP contribution in [0.2, 0.25) is 0 Å². The number of hydrogen-bond donors (Lipinski definition) is 3. The van der Waals surface area contributed by atoms with E-state index in [0.717, 1.165) is 10.0 Å². The molecule has 1 aromatic carbocycles. The van der Waals surface area contributed by atoms with Crippen LogP contribution in [0.4, 0.5) is 0 Å². The van der Waals surface area contributed by atoms with E-state index in [0.29, 0.717) is 0 Å². The molecule has 0 amide bonds. The maximum Gasteiger partial charge on any atom is 0.0937 e. The third kappa shape index (κ3) is 2.57. The average molecular weight is 232 g/mol. The maximum absolute atomic E-state index is 9.40. The molecular weight excluding hydrogens is 222 g/mol. The minimum Gasteiger partial charge on any atom is -0.387 e. The summed E-state index contributed by atoms with van der Waals surface area (Å²) < 4.78 is 0.914. The highest BCUT2D eigenvalue weighted by Gasteiger charge is 2.05. The number of halogens is 1. The van der Waals surface area contributed by atoms with E-state index in [4.69, 9.17) is 5.21 Å². The fourth-order valence-corrected chi connectivity index (χ4v) is 1.34. The van der Waals surface area contributed by atoms with Gasteiger partial charge in [-0.2, -0.15) is 0 Å². The number of rotatable bonds is 3. The van der Waals surface area contributed by atoms with Crippen molar-refractivity contribution in [2.75, 3.05) is 6.54 Å². The molecule has 12 heavy (non-hydrogen) atoms. The third-order valence-corrected chi connectivity index (χ3v) is 2.01. The highest BCUT2D eigenvalue weighted by atomic mass is 79.9. The van der Waals surface area contributed by atoms with Crippen LogP contribution in [-0.2, 0) is 0 Å². The molecule has 0 aromatic heterocycles. The maximum atomic E-state index is 9.40. The van der Waals surface area contributed by atoms with E-state index >= 15 is 0 Å². The highest BCUT2D eigenvalue weighted by molar-refractivity contribution is 9.10. The lowest BCUT2D eigenvalue weighted by Gasteiger charge is -2.09. The first-order valence-corrected chi connectivity index (χ1v) is 4.34. The molecule has 0 fully saturated rings. The standard InChI is InChI=1S/C8H10BrNO2/c9-7-3-1-2-6(4-7)8(11)5-10-12/h1-4,8,10-12H,5H2. The predicted molar refractivity (Wildman–Crippen MR) is 48.9 cm³/mol. The summed E-state index contributed by atoms with van der Waals surface area (Å²) in [5.74, 6) is 0. The molecule has 0 heterocycles. The number of nitrogens with one attached hydrogen (secondary N) is 1. The number of benzene rings is 1. The molecule has 0 aliphatic heterocycles. The quantitative estimate of drug-likeness (QED) is 0.691. The van der Waals surface area contributed by atoms with E-state index in [9.17, 15) is 5.11 Å². The van der Waals surface area contributed by atoms with Gasteiger partial charge in [-0.05, 0) is 17.7 Å². The highest BCUT2D eigenvalue weighted by Crippen LogP contribution is 2.17. The molecule has 0 spiro atoms. The van der Waals surface area contributed by atoms with Crippen LogP contribution >= 0.6 is 15.9 Å². The second-order valence-corrected chi connectivity index (χ2v) is 3.35. The summed E-state index contributed by atoms with van der Waals surface area (Å²) in [6.45, 7) is 0.135. The lowest BCUT2D eigenvalue weighted by molar-refractivity contribution is 0.0921. The summed E-state index contributed by atoms with van der Waals surface area (Å²) in [5, 5.41) is 17.7. The minimum atomic E-state index is -0.674. The Kier molecular flexibility index (Phi) is 3.68. The molecule has 1 atom stereocenters. The molecule has 0 saturated carbocycles. The molecule has 1 unspecified atom stereocenters. The fourth-order valence-electron chi connectivity index (χ4n) is 0.918. The van der Waals surface area contributed by atoms with E-state index in [1.165, 1.54) is 0 Å². The Balaban J connectivity index is 2.73. The Morgan fingerprint density at radius 2 is 2.25 bits per heavy atom. The molecule has 0 aliphatic rings. The molecule has 0 radical (unpaired) electrons. The average Bonchev–Trinajstić information content (AvgIpc) is 2.05. The summed E-state index contributed by atoms with van der Waals surface area (Å²) in [4.78, 5) is 0. The molecular formula is C8H10BrNO2. The van der Waals surface area contributed by atoms with Gasteiger partial charge in [0.1, 0.15) is 0 Å². The van der Waals surface area contributed by atoms with Crippen molar-refractivity contribution in [1.29, 1.82) is 0 Å². The zero-order valence-electron chi connectivity index (χ0n) is 6.37. The van der Waals surface area contributed by atoms with Crippen molar-refractivity contribution < 1.29 is 10.3 Å². The molecule has 0 saturated heterocycles. The summed E-state index contributed by atoms with van der Waals surface area (Å²) in [6.07, 6.45) is -0.674. The van der Waals surface area contributed by atoms with Gasteiger partial charge in [0.2, 0.25) is 0 Å². The zero-order chi connectivity index (χ0) is 8.97. The van der Waals surface area contributed by atoms with Crippen molar-refractivity contribution in [2.24, 2.45) is 0 Å². The molecule has 66 valence electrons. The van der Waals surface area contributed by atoms with Crippen molar-refractivity contribution in [2.45, 2.75) is 6.10 Å². The van der Waals surface area contributed by atoms with Crippen LogP contribution in [0.25, 0.3) is 0 Å². The Bertz CT molecular complexity index is 255. The molecule has 0 bridgehead atoms. The summed E-state index contributed by atoms with van der Waals surface area (Å²) in [5.41, 5.74) is 2.69. The van der Waals surface area contributed by atoms with Crippen molar-refractivity contribution in [3.8, 4) is 0 Å². The normalized spacial score (nSPS) is 12.9. The van der Waals surface area contributed by atoms with Gasteiger partial charge < -0.3 is 10.3 Å². The van der Waals surface area contributed by atoms with Gasteiger partial charge in [-0.25, -0.2) is 5.48 Å². The van der Waals surface area contributed by atoms with Crippen molar-refractivity contribution in [3.05, 3.63) is 34.3 Å². The Hall–Kier alpha value is -0.420. The third-order valence-electron chi connectivity index (χ3n) is 1.52. The summed E-state index contributed by atoms with van der Waals surface area (Å²) in [6, 6.07) is 7.32. The Morgan fingerprint density at radius 1 is 1.50 bits per heavy atom. The van der Waals surface area contributed by atoms with Gasteiger partial charge in [-0.3, -0.25) is 0 Å². The first kappa shape index (κ1) is 9.67. The topological polar surface area (TPSA) is 52.5 Å². The van der Waals surface area contributed by atoms with E-state index in [-0.39, 0.29) is 6.54 Å². The van der Waals surface area contributed by atoms with Gasteiger partial charge in [0.15, 0.2) is 0 Å². The van der Waals surface area contributed by atoms with Crippen LogP contribution in [0.1, 0.15) is 11.7 Å². The molecule has 0 aliphatic carbocycles. The number of aliphatic hydroxyl groups excluding tert-OH is 1. The lowest BCUT2D eigenvalue weighted by Crippen LogP contribution is -2.17. The van der Waals surface area contributed by atoms with Crippen LogP contribution in [0.3, 0.4) is 0 Å². The molecule has 1 aromatic rings. The van der Waals surface area contributed by atoms with Gasteiger partial charge in [0.05, 0.1) is 12.6 Å². The van der Waals surface area contributed by atoms with E-state index in [2.05, 4.69) is 15.9 Å². The molecule has 1 rings (SSSR count). The number of hydrogen-bond acceptors (Lipinski definition) is 3. The van der Waals surface area contributed by atoms with Crippen molar-refractivity contribution >= 4 is 15.9 Å². The van der Waals surface area contributed by atoms with E-state index < -0.39 is 6.10 Å². The Morgan fingerprint density at radius 3 is 2.83 bits per heavy atom. The summed E-state index contributed by atoms with van der Waals surface area (Å²) >= 11 is 3.29. The van der Waals surface area contributed by atoms with Crippen LogP contribution in [0.5, 0.6) is 0 Å². The van der Waals surface area contributed by atoms with E-state index in [1.807, 2.05) is 23.7 Å². The number of aliphatic hydroxyl groups is 1. The second-order valence-electron chi connectivity index (χ2n) is 2.43. The van der Waals surface area contributed by atoms with Gasteiger partial charge in [0, 0.05) is 4.47 Å². The minimum absolute atomic E-state index is 0.135. The fraction of sp³-hybridized carbons (Fsp3) is 0.250. The smallest absolute Gasteiger partial charge is 0.0937 e. The van der Waals surface area contributed by atoms with Crippen LogP contribution in [0.15, 0.2) is 28.7 Å².